The van der Waals surface area contributed by atoms with E-state index in [2.05, 4.69) is 16.9 Å². The second kappa shape index (κ2) is 8.29. The molecule has 0 saturated carbocycles. The van der Waals surface area contributed by atoms with Crippen LogP contribution in [0.1, 0.15) is 43.3 Å². The molecule has 1 aromatic heterocycles. The van der Waals surface area contributed by atoms with Crippen LogP contribution in [0.25, 0.3) is 0 Å². The summed E-state index contributed by atoms with van der Waals surface area (Å²) in [6.45, 7) is 7.60. The quantitative estimate of drug-likeness (QED) is 0.798. The van der Waals surface area contributed by atoms with Crippen LogP contribution in [0.4, 0.5) is 0 Å². The maximum absolute atomic E-state index is 9.75. The van der Waals surface area contributed by atoms with E-state index in [-0.39, 0.29) is 0 Å². The molecular formula is C19H26ClN3O3. The van der Waals surface area contributed by atoms with Gasteiger partial charge in [-0.05, 0) is 25.5 Å². The number of aliphatic hydroxyl groups excluding tert-OH is 1. The van der Waals surface area contributed by atoms with Crippen molar-refractivity contribution in [3.8, 4) is 11.5 Å². The molecule has 7 heteroatoms. The minimum Gasteiger partial charge on any atom is -0.493 e. The molecule has 0 radical (unpaired) electrons. The average Bonchev–Trinajstić information content (AvgIpc) is 3.04. The summed E-state index contributed by atoms with van der Waals surface area (Å²) in [5.41, 5.74) is 2.85. The van der Waals surface area contributed by atoms with Gasteiger partial charge in [0.05, 0.1) is 37.8 Å². The van der Waals surface area contributed by atoms with Crippen molar-refractivity contribution >= 4 is 11.6 Å². The number of benzene rings is 1. The van der Waals surface area contributed by atoms with Crippen LogP contribution in [0.15, 0.2) is 18.2 Å². The van der Waals surface area contributed by atoms with Crippen molar-refractivity contribution in [2.45, 2.75) is 46.0 Å². The zero-order chi connectivity index (χ0) is 18.7. The first kappa shape index (κ1) is 19.0. The zero-order valence-corrected chi connectivity index (χ0v) is 16.3. The molecule has 1 aromatic carbocycles. The molecule has 0 aliphatic carbocycles. The molecule has 2 aromatic rings. The second-order valence-electron chi connectivity index (χ2n) is 6.62. The third-order valence-corrected chi connectivity index (χ3v) is 4.70. The SMILES string of the molecule is CCCOc1c(CN2CCn3nc(C(C)O)cc3C2)cc(Cl)cc1OC. The smallest absolute Gasteiger partial charge is 0.165 e. The summed E-state index contributed by atoms with van der Waals surface area (Å²) in [5, 5.41) is 14.9. The van der Waals surface area contributed by atoms with Gasteiger partial charge in [-0.25, -0.2) is 0 Å². The summed E-state index contributed by atoms with van der Waals surface area (Å²) in [4.78, 5) is 2.33. The lowest BCUT2D eigenvalue weighted by atomic mass is 10.1. The highest BCUT2D eigenvalue weighted by atomic mass is 35.5. The van der Waals surface area contributed by atoms with Crippen molar-refractivity contribution in [3.05, 3.63) is 40.2 Å². The van der Waals surface area contributed by atoms with Crippen molar-refractivity contribution in [1.82, 2.24) is 14.7 Å². The van der Waals surface area contributed by atoms with Crippen LogP contribution < -0.4 is 9.47 Å². The minimum atomic E-state index is -0.548. The summed E-state index contributed by atoms with van der Waals surface area (Å²) in [5.74, 6) is 1.43. The highest BCUT2D eigenvalue weighted by Crippen LogP contribution is 2.36. The Hall–Kier alpha value is -1.76. The Bertz CT molecular complexity index is 761. The summed E-state index contributed by atoms with van der Waals surface area (Å²) < 4.78 is 13.4. The van der Waals surface area contributed by atoms with E-state index >= 15 is 0 Å². The summed E-state index contributed by atoms with van der Waals surface area (Å²) in [6, 6.07) is 5.71. The van der Waals surface area contributed by atoms with Gasteiger partial charge in [0.25, 0.3) is 0 Å². The molecule has 0 amide bonds. The Labute approximate surface area is 159 Å². The predicted molar refractivity (Wildman–Crippen MR) is 101 cm³/mol. The van der Waals surface area contributed by atoms with Crippen LogP contribution in [0.2, 0.25) is 5.02 Å². The fourth-order valence-electron chi connectivity index (χ4n) is 3.18. The van der Waals surface area contributed by atoms with E-state index in [1.165, 1.54) is 0 Å². The third kappa shape index (κ3) is 4.14. The minimum absolute atomic E-state index is 0.548. The van der Waals surface area contributed by atoms with Crippen LogP contribution in [-0.2, 0) is 19.6 Å². The van der Waals surface area contributed by atoms with Gasteiger partial charge in [0, 0.05) is 36.3 Å². The van der Waals surface area contributed by atoms with Gasteiger partial charge in [-0.1, -0.05) is 18.5 Å². The van der Waals surface area contributed by atoms with E-state index in [1.54, 1.807) is 20.1 Å². The van der Waals surface area contributed by atoms with Crippen LogP contribution >= 0.6 is 11.6 Å². The molecule has 6 nitrogen and oxygen atoms in total. The van der Waals surface area contributed by atoms with Crippen molar-refractivity contribution < 1.29 is 14.6 Å². The molecule has 26 heavy (non-hydrogen) atoms. The molecular weight excluding hydrogens is 354 g/mol. The number of fused-ring (bicyclic) bond motifs is 1. The lowest BCUT2D eigenvalue weighted by Crippen LogP contribution is -2.33. The zero-order valence-electron chi connectivity index (χ0n) is 15.5. The second-order valence-corrected chi connectivity index (χ2v) is 7.05. The van der Waals surface area contributed by atoms with Gasteiger partial charge in [-0.2, -0.15) is 5.10 Å². The molecule has 142 valence electrons. The van der Waals surface area contributed by atoms with E-state index in [9.17, 15) is 5.11 Å². The molecule has 1 aliphatic heterocycles. The van der Waals surface area contributed by atoms with Crippen LogP contribution in [-0.4, -0.2) is 40.0 Å². The van der Waals surface area contributed by atoms with Crippen molar-refractivity contribution in [2.24, 2.45) is 0 Å². The number of ether oxygens (including phenoxy) is 2. The van der Waals surface area contributed by atoms with E-state index < -0.39 is 6.10 Å². The van der Waals surface area contributed by atoms with Crippen LogP contribution in [0, 0.1) is 0 Å². The Balaban J connectivity index is 1.81. The maximum atomic E-state index is 9.75. The van der Waals surface area contributed by atoms with Crippen molar-refractivity contribution in [3.63, 3.8) is 0 Å². The average molecular weight is 380 g/mol. The molecule has 0 fully saturated rings. The lowest BCUT2D eigenvalue weighted by molar-refractivity contribution is 0.188. The lowest BCUT2D eigenvalue weighted by Gasteiger charge is -2.28. The molecule has 1 aliphatic rings. The number of methoxy groups -OCH3 is 1. The van der Waals surface area contributed by atoms with Crippen LogP contribution in [0.5, 0.6) is 11.5 Å². The molecule has 1 atom stereocenters. The van der Waals surface area contributed by atoms with E-state index in [1.807, 2.05) is 16.8 Å². The van der Waals surface area contributed by atoms with E-state index in [0.717, 1.165) is 48.8 Å². The summed E-state index contributed by atoms with van der Waals surface area (Å²) in [6.07, 6.45) is 0.378. The number of hydrogen-bond donors (Lipinski definition) is 1. The Morgan fingerprint density at radius 1 is 1.31 bits per heavy atom. The number of halogens is 1. The number of hydrogen-bond acceptors (Lipinski definition) is 5. The van der Waals surface area contributed by atoms with E-state index in [4.69, 9.17) is 21.1 Å². The third-order valence-electron chi connectivity index (χ3n) is 4.48. The van der Waals surface area contributed by atoms with Gasteiger partial charge in [0.2, 0.25) is 0 Å². The highest BCUT2D eigenvalue weighted by Gasteiger charge is 2.22. The number of aromatic nitrogens is 2. The standard InChI is InChI=1S/C19H26ClN3O3/c1-4-7-26-19-14(8-15(20)9-18(19)25-3)11-22-5-6-23-16(12-22)10-17(21-23)13(2)24/h8-10,13,24H,4-7,11-12H2,1-3H3. The first-order valence-corrected chi connectivity index (χ1v) is 9.35. The predicted octanol–water partition coefficient (Wildman–Crippen LogP) is 3.40. The molecule has 1 unspecified atom stereocenters. The molecule has 1 N–H and O–H groups in total. The Kier molecular flexibility index (Phi) is 6.06. The monoisotopic (exact) mass is 379 g/mol. The van der Waals surface area contributed by atoms with Crippen molar-refractivity contribution in [1.29, 1.82) is 0 Å². The van der Waals surface area contributed by atoms with Gasteiger partial charge in [-0.3, -0.25) is 9.58 Å². The van der Waals surface area contributed by atoms with Gasteiger partial charge >= 0.3 is 0 Å². The fraction of sp³-hybridized carbons (Fsp3) is 0.526. The van der Waals surface area contributed by atoms with Gasteiger partial charge in [0.1, 0.15) is 0 Å². The highest BCUT2D eigenvalue weighted by molar-refractivity contribution is 6.30. The molecule has 0 bridgehead atoms. The maximum Gasteiger partial charge on any atom is 0.165 e. The molecule has 0 saturated heterocycles. The number of nitrogens with zero attached hydrogens (tertiary/aromatic N) is 3. The van der Waals surface area contributed by atoms with E-state index in [0.29, 0.717) is 23.9 Å². The summed E-state index contributed by atoms with van der Waals surface area (Å²) >= 11 is 6.28. The first-order chi connectivity index (χ1) is 12.5. The molecule has 0 spiro atoms. The van der Waals surface area contributed by atoms with Gasteiger partial charge in [-0.15, -0.1) is 0 Å². The fourth-order valence-corrected chi connectivity index (χ4v) is 3.41. The molecule has 3 rings (SSSR count). The molecule has 2 heterocycles. The normalized spacial score (nSPS) is 15.6. The number of rotatable bonds is 7. The summed E-state index contributed by atoms with van der Waals surface area (Å²) in [7, 11) is 1.63. The number of aliphatic hydroxyl groups is 1. The van der Waals surface area contributed by atoms with Crippen LogP contribution in [0.3, 0.4) is 0 Å². The Morgan fingerprint density at radius 2 is 2.12 bits per heavy atom. The van der Waals surface area contributed by atoms with Gasteiger partial charge in [0.15, 0.2) is 11.5 Å². The van der Waals surface area contributed by atoms with Crippen molar-refractivity contribution in [2.75, 3.05) is 20.3 Å². The first-order valence-electron chi connectivity index (χ1n) is 8.98. The largest absolute Gasteiger partial charge is 0.493 e. The topological polar surface area (TPSA) is 59.8 Å². The Morgan fingerprint density at radius 3 is 2.81 bits per heavy atom. The van der Waals surface area contributed by atoms with Gasteiger partial charge < -0.3 is 14.6 Å².